The van der Waals surface area contributed by atoms with Crippen molar-refractivity contribution in [3.63, 3.8) is 0 Å². The lowest BCUT2D eigenvalue weighted by Crippen LogP contribution is -2.31. The number of nitrogens with zero attached hydrogens (tertiary/aromatic N) is 1. The zero-order chi connectivity index (χ0) is 24.7. The minimum atomic E-state index is -0.804. The van der Waals surface area contributed by atoms with Gasteiger partial charge in [0.25, 0.3) is 11.7 Å². The lowest BCUT2D eigenvalue weighted by Gasteiger charge is -2.26. The molecule has 2 aromatic rings. The highest BCUT2D eigenvalue weighted by Crippen LogP contribution is 2.42. The van der Waals surface area contributed by atoms with Crippen LogP contribution in [-0.4, -0.2) is 62.8 Å². The number of aliphatic hydroxyl groups is 1. The second-order valence-electron chi connectivity index (χ2n) is 7.58. The molecule has 0 unspecified atom stereocenters. The predicted molar refractivity (Wildman–Crippen MR) is 127 cm³/mol. The number of amides is 1. The Labute approximate surface area is 199 Å². The van der Waals surface area contributed by atoms with Gasteiger partial charge in [0.1, 0.15) is 18.1 Å². The molecular formula is C26H29NO7. The van der Waals surface area contributed by atoms with Crippen LogP contribution in [0.1, 0.15) is 23.6 Å². The second kappa shape index (κ2) is 11.4. The van der Waals surface area contributed by atoms with Gasteiger partial charge in [-0.05, 0) is 48.4 Å². The molecule has 1 atom stereocenters. The van der Waals surface area contributed by atoms with Gasteiger partial charge in [-0.15, -0.1) is 0 Å². The molecule has 1 amide bonds. The second-order valence-corrected chi connectivity index (χ2v) is 7.58. The molecule has 1 heterocycles. The molecule has 1 aliphatic rings. The van der Waals surface area contributed by atoms with Crippen molar-refractivity contribution in [3.8, 4) is 17.2 Å². The third-order valence-corrected chi connectivity index (χ3v) is 5.51. The summed E-state index contributed by atoms with van der Waals surface area (Å²) in [6, 6.07) is 11.0. The fraction of sp³-hybridized carbons (Fsp3) is 0.308. The molecule has 0 saturated carbocycles. The van der Waals surface area contributed by atoms with Gasteiger partial charge in [0, 0.05) is 25.8 Å². The van der Waals surface area contributed by atoms with Gasteiger partial charge in [0.15, 0.2) is 11.5 Å². The maximum Gasteiger partial charge on any atom is 0.295 e. The number of methoxy groups -OCH3 is 3. The number of benzene rings is 2. The Hall–Kier alpha value is -3.78. The molecule has 0 bridgehead atoms. The van der Waals surface area contributed by atoms with Crippen LogP contribution in [-0.2, 0) is 14.3 Å². The molecule has 0 aromatic heterocycles. The first-order chi connectivity index (χ1) is 16.5. The maximum absolute atomic E-state index is 13.1. The third kappa shape index (κ3) is 5.07. The summed E-state index contributed by atoms with van der Waals surface area (Å²) in [5.41, 5.74) is 1.02. The predicted octanol–water partition coefficient (Wildman–Crippen LogP) is 3.73. The van der Waals surface area contributed by atoms with Gasteiger partial charge < -0.3 is 29.0 Å². The average molecular weight is 468 g/mol. The van der Waals surface area contributed by atoms with Gasteiger partial charge in [0.05, 0.1) is 25.8 Å². The number of rotatable bonds is 11. The lowest BCUT2D eigenvalue weighted by atomic mass is 9.95. The third-order valence-electron chi connectivity index (χ3n) is 5.51. The first-order valence-corrected chi connectivity index (χ1v) is 10.8. The van der Waals surface area contributed by atoms with E-state index in [-0.39, 0.29) is 17.9 Å². The summed E-state index contributed by atoms with van der Waals surface area (Å²) in [5.74, 6) is -0.146. The molecule has 3 rings (SSSR count). The summed E-state index contributed by atoms with van der Waals surface area (Å²) in [6.07, 6.45) is 2.15. The maximum atomic E-state index is 13.1. The van der Waals surface area contributed by atoms with Crippen LogP contribution in [0.25, 0.3) is 5.76 Å². The van der Waals surface area contributed by atoms with Gasteiger partial charge in [-0.1, -0.05) is 18.7 Å². The molecule has 0 radical (unpaired) electrons. The van der Waals surface area contributed by atoms with Crippen molar-refractivity contribution in [1.82, 2.24) is 4.90 Å². The van der Waals surface area contributed by atoms with Crippen LogP contribution >= 0.6 is 0 Å². The minimum absolute atomic E-state index is 0.00870. The van der Waals surface area contributed by atoms with Crippen LogP contribution in [0.5, 0.6) is 17.2 Å². The van der Waals surface area contributed by atoms with Crippen LogP contribution in [0.3, 0.4) is 0 Å². The van der Waals surface area contributed by atoms with Crippen molar-refractivity contribution in [2.75, 3.05) is 41.1 Å². The molecule has 2 aromatic carbocycles. The van der Waals surface area contributed by atoms with Crippen LogP contribution < -0.4 is 14.2 Å². The van der Waals surface area contributed by atoms with Crippen molar-refractivity contribution in [2.45, 2.75) is 12.5 Å². The fourth-order valence-corrected chi connectivity index (χ4v) is 3.86. The molecule has 1 N–H and O–H groups in total. The monoisotopic (exact) mass is 467 g/mol. The van der Waals surface area contributed by atoms with E-state index in [1.54, 1.807) is 55.7 Å². The van der Waals surface area contributed by atoms with Crippen LogP contribution in [0.15, 0.2) is 60.7 Å². The van der Waals surface area contributed by atoms with Gasteiger partial charge in [-0.3, -0.25) is 9.59 Å². The van der Waals surface area contributed by atoms with E-state index >= 15 is 0 Å². The van der Waals surface area contributed by atoms with E-state index in [2.05, 4.69) is 6.58 Å². The zero-order valence-electron chi connectivity index (χ0n) is 19.6. The lowest BCUT2D eigenvalue weighted by molar-refractivity contribution is -0.140. The largest absolute Gasteiger partial charge is 0.507 e. The van der Waals surface area contributed by atoms with E-state index in [4.69, 9.17) is 18.9 Å². The number of ketones is 1. The fourth-order valence-electron chi connectivity index (χ4n) is 3.86. The molecule has 34 heavy (non-hydrogen) atoms. The Morgan fingerprint density at radius 1 is 1.06 bits per heavy atom. The summed E-state index contributed by atoms with van der Waals surface area (Å²) in [5, 5.41) is 11.1. The number of carbonyl (C=O) groups is 2. The van der Waals surface area contributed by atoms with Crippen molar-refractivity contribution >= 4 is 17.4 Å². The van der Waals surface area contributed by atoms with Crippen molar-refractivity contribution < 1.29 is 33.6 Å². The van der Waals surface area contributed by atoms with E-state index < -0.39 is 17.7 Å². The summed E-state index contributed by atoms with van der Waals surface area (Å²) in [7, 11) is 4.62. The molecule has 1 fully saturated rings. The first-order valence-electron chi connectivity index (χ1n) is 10.8. The zero-order valence-corrected chi connectivity index (χ0v) is 19.6. The molecule has 1 aliphatic heterocycles. The van der Waals surface area contributed by atoms with Crippen LogP contribution in [0.4, 0.5) is 0 Å². The molecule has 180 valence electrons. The van der Waals surface area contributed by atoms with E-state index in [1.165, 1.54) is 19.1 Å². The van der Waals surface area contributed by atoms with Gasteiger partial charge in [0.2, 0.25) is 0 Å². The number of hydrogen-bond acceptors (Lipinski definition) is 7. The molecule has 0 spiro atoms. The quantitative estimate of drug-likeness (QED) is 0.177. The Bertz CT molecular complexity index is 1080. The number of hydrogen-bond donors (Lipinski definition) is 1. The highest BCUT2D eigenvalue weighted by molar-refractivity contribution is 6.46. The van der Waals surface area contributed by atoms with Gasteiger partial charge >= 0.3 is 0 Å². The van der Waals surface area contributed by atoms with Crippen LogP contribution in [0, 0.1) is 0 Å². The standard InChI is InChI=1S/C26H29NO7/c1-5-14-34-20-12-9-18(16-21(20)33-4)23-22(24(28)17-7-10-19(32-3)11-8-17)25(29)26(30)27(23)13-6-15-31-2/h5,7-12,16,23,28H,1,6,13-15H2,2-4H3/t23-/m0/s1. The highest BCUT2D eigenvalue weighted by Gasteiger charge is 2.46. The van der Waals surface area contributed by atoms with E-state index in [0.717, 1.165) is 0 Å². The molecule has 0 aliphatic carbocycles. The first kappa shape index (κ1) is 24.9. The van der Waals surface area contributed by atoms with E-state index in [0.29, 0.717) is 48.0 Å². The van der Waals surface area contributed by atoms with E-state index in [9.17, 15) is 14.7 Å². The molecule has 1 saturated heterocycles. The number of Topliss-reactive ketones (excluding diaryl/α,β-unsaturated/α-hetero) is 1. The van der Waals surface area contributed by atoms with Gasteiger partial charge in [-0.2, -0.15) is 0 Å². The number of aliphatic hydroxyl groups excluding tert-OH is 1. The smallest absolute Gasteiger partial charge is 0.295 e. The molecule has 8 heteroatoms. The Morgan fingerprint density at radius 3 is 2.41 bits per heavy atom. The Morgan fingerprint density at radius 2 is 1.79 bits per heavy atom. The molecule has 8 nitrogen and oxygen atoms in total. The summed E-state index contributed by atoms with van der Waals surface area (Å²) < 4.78 is 21.4. The van der Waals surface area contributed by atoms with Crippen molar-refractivity contribution in [2.24, 2.45) is 0 Å². The number of carbonyl (C=O) groups excluding carboxylic acids is 2. The Kier molecular flexibility index (Phi) is 8.32. The summed E-state index contributed by atoms with van der Waals surface area (Å²) >= 11 is 0. The SMILES string of the molecule is C=CCOc1ccc([C@H]2C(=C(O)c3ccc(OC)cc3)C(=O)C(=O)N2CCCOC)cc1OC. The van der Waals surface area contributed by atoms with Crippen molar-refractivity contribution in [1.29, 1.82) is 0 Å². The topological polar surface area (TPSA) is 94.5 Å². The highest BCUT2D eigenvalue weighted by atomic mass is 16.5. The number of ether oxygens (including phenoxy) is 4. The number of likely N-dealkylation sites (tertiary alicyclic amines) is 1. The molecular weight excluding hydrogens is 438 g/mol. The van der Waals surface area contributed by atoms with E-state index in [1.807, 2.05) is 0 Å². The minimum Gasteiger partial charge on any atom is -0.507 e. The average Bonchev–Trinajstić information content (AvgIpc) is 3.12. The summed E-state index contributed by atoms with van der Waals surface area (Å²) in [4.78, 5) is 27.6. The van der Waals surface area contributed by atoms with Crippen LogP contribution in [0.2, 0.25) is 0 Å². The van der Waals surface area contributed by atoms with Gasteiger partial charge in [-0.25, -0.2) is 0 Å². The van der Waals surface area contributed by atoms with Crippen molar-refractivity contribution in [3.05, 3.63) is 71.8 Å². The Balaban J connectivity index is 2.12. The summed E-state index contributed by atoms with van der Waals surface area (Å²) in [6.45, 7) is 4.64. The normalized spacial score (nSPS) is 17.0.